The van der Waals surface area contributed by atoms with E-state index in [9.17, 15) is 5.11 Å². The number of fused-ring (bicyclic) bond motifs is 1. The highest BCUT2D eigenvalue weighted by Gasteiger charge is 2.04. The summed E-state index contributed by atoms with van der Waals surface area (Å²) in [7, 11) is 0. The smallest absolute Gasteiger partial charge is 0.122 e. The van der Waals surface area contributed by atoms with E-state index in [-0.39, 0.29) is 5.75 Å². The molecule has 2 nitrogen and oxygen atoms in total. The molecule has 0 saturated carbocycles. The Morgan fingerprint density at radius 2 is 1.89 bits per heavy atom. The molecule has 0 saturated heterocycles. The molecule has 0 fully saturated rings. The van der Waals surface area contributed by atoms with Gasteiger partial charge in [0.15, 0.2) is 0 Å². The van der Waals surface area contributed by atoms with Crippen LogP contribution in [0, 0.1) is 6.92 Å². The van der Waals surface area contributed by atoms with Crippen LogP contribution in [0.2, 0.25) is 0 Å². The first-order chi connectivity index (χ1) is 9.22. The van der Waals surface area contributed by atoms with Crippen molar-refractivity contribution in [2.75, 3.05) is 0 Å². The first-order valence-corrected chi connectivity index (χ1v) is 6.94. The van der Waals surface area contributed by atoms with Crippen LogP contribution in [0.5, 0.6) is 11.5 Å². The second-order valence-electron chi connectivity index (χ2n) is 4.48. The molecule has 19 heavy (non-hydrogen) atoms. The Balaban J connectivity index is 1.78. The highest BCUT2D eigenvalue weighted by Crippen LogP contribution is 2.29. The predicted molar refractivity (Wildman–Crippen MR) is 79.0 cm³/mol. The second kappa shape index (κ2) is 4.94. The van der Waals surface area contributed by atoms with Crippen LogP contribution in [0.1, 0.15) is 10.4 Å². The van der Waals surface area contributed by atoms with Crippen molar-refractivity contribution in [1.29, 1.82) is 0 Å². The maximum absolute atomic E-state index is 9.21. The van der Waals surface area contributed by atoms with Gasteiger partial charge in [-0.2, -0.15) is 0 Å². The fourth-order valence-corrected chi connectivity index (χ4v) is 3.08. The quantitative estimate of drug-likeness (QED) is 0.759. The van der Waals surface area contributed by atoms with Crippen LogP contribution in [-0.4, -0.2) is 5.11 Å². The number of benzene rings is 2. The van der Waals surface area contributed by atoms with Crippen molar-refractivity contribution in [1.82, 2.24) is 0 Å². The van der Waals surface area contributed by atoms with Gasteiger partial charge in [0.1, 0.15) is 18.1 Å². The van der Waals surface area contributed by atoms with Crippen molar-refractivity contribution in [3.05, 3.63) is 59.0 Å². The lowest BCUT2D eigenvalue weighted by Gasteiger charge is -2.03. The van der Waals surface area contributed by atoms with Crippen molar-refractivity contribution in [2.45, 2.75) is 13.5 Å². The van der Waals surface area contributed by atoms with Crippen molar-refractivity contribution in [3.63, 3.8) is 0 Å². The van der Waals surface area contributed by atoms with E-state index in [0.717, 1.165) is 5.75 Å². The van der Waals surface area contributed by atoms with Crippen molar-refractivity contribution >= 4 is 21.4 Å². The molecule has 1 N–H and O–H groups in total. The summed E-state index contributed by atoms with van der Waals surface area (Å²) in [5, 5.41) is 10.5. The minimum atomic E-state index is 0.254. The molecule has 0 aliphatic rings. The Labute approximate surface area is 115 Å². The molecule has 0 amide bonds. The molecule has 0 atom stereocenters. The zero-order valence-corrected chi connectivity index (χ0v) is 11.4. The summed E-state index contributed by atoms with van der Waals surface area (Å²) in [4.78, 5) is 1.21. The van der Waals surface area contributed by atoms with Gasteiger partial charge in [-0.05, 0) is 54.3 Å². The van der Waals surface area contributed by atoms with Crippen LogP contribution in [0.3, 0.4) is 0 Å². The Morgan fingerprint density at radius 1 is 1.11 bits per heavy atom. The Hall–Kier alpha value is -2.00. The largest absolute Gasteiger partial charge is 0.508 e. The summed E-state index contributed by atoms with van der Waals surface area (Å²) < 4.78 is 7.01. The van der Waals surface area contributed by atoms with E-state index in [0.29, 0.717) is 6.61 Å². The summed E-state index contributed by atoms with van der Waals surface area (Å²) in [5.74, 6) is 1.02. The maximum atomic E-state index is 9.21. The molecule has 1 aromatic heterocycles. The number of ether oxygens (including phenoxy) is 1. The highest BCUT2D eigenvalue weighted by atomic mass is 32.1. The predicted octanol–water partition coefficient (Wildman–Crippen LogP) is 4.49. The molecule has 3 heteroatoms. The van der Waals surface area contributed by atoms with E-state index in [1.807, 2.05) is 0 Å². The molecule has 0 spiro atoms. The summed E-state index contributed by atoms with van der Waals surface area (Å²) in [6.45, 7) is 2.68. The second-order valence-corrected chi connectivity index (χ2v) is 5.65. The molecular formula is C16H14O2S. The minimum Gasteiger partial charge on any atom is -0.508 e. The van der Waals surface area contributed by atoms with Crippen LogP contribution < -0.4 is 4.74 Å². The third-order valence-corrected chi connectivity index (χ3v) is 4.12. The average molecular weight is 270 g/mol. The number of hydrogen-bond donors (Lipinski definition) is 1. The van der Waals surface area contributed by atoms with Crippen molar-refractivity contribution in [3.8, 4) is 11.5 Å². The van der Waals surface area contributed by atoms with Gasteiger partial charge < -0.3 is 9.84 Å². The lowest BCUT2D eigenvalue weighted by Crippen LogP contribution is -1.91. The summed E-state index contributed by atoms with van der Waals surface area (Å²) >= 11 is 1.76. The molecule has 0 radical (unpaired) electrons. The van der Waals surface area contributed by atoms with Crippen LogP contribution >= 0.6 is 11.3 Å². The normalized spacial score (nSPS) is 10.8. The summed E-state index contributed by atoms with van der Waals surface area (Å²) in [5.41, 5.74) is 1.30. The lowest BCUT2D eigenvalue weighted by molar-refractivity contribution is 0.309. The van der Waals surface area contributed by atoms with Gasteiger partial charge in [-0.1, -0.05) is 12.1 Å². The van der Waals surface area contributed by atoms with Crippen LogP contribution in [0.25, 0.3) is 10.1 Å². The van der Waals surface area contributed by atoms with Gasteiger partial charge in [0.25, 0.3) is 0 Å². The Morgan fingerprint density at radius 3 is 2.63 bits per heavy atom. The molecule has 0 aliphatic carbocycles. The van der Waals surface area contributed by atoms with Crippen LogP contribution in [-0.2, 0) is 6.61 Å². The minimum absolute atomic E-state index is 0.254. The monoisotopic (exact) mass is 270 g/mol. The topological polar surface area (TPSA) is 29.5 Å². The van der Waals surface area contributed by atoms with Gasteiger partial charge in [0.05, 0.1) is 0 Å². The van der Waals surface area contributed by atoms with Crippen molar-refractivity contribution < 1.29 is 9.84 Å². The van der Waals surface area contributed by atoms with Crippen LogP contribution in [0.15, 0.2) is 48.5 Å². The number of thiophene rings is 1. The number of phenolic OH excluding ortho intramolecular Hbond substituents is 1. The number of rotatable bonds is 3. The summed E-state index contributed by atoms with van der Waals surface area (Å²) in [6, 6.07) is 15.3. The fraction of sp³-hybridized carbons (Fsp3) is 0.125. The van der Waals surface area contributed by atoms with Gasteiger partial charge >= 0.3 is 0 Å². The van der Waals surface area contributed by atoms with E-state index in [1.54, 1.807) is 35.6 Å². The van der Waals surface area contributed by atoms with E-state index in [4.69, 9.17) is 4.74 Å². The first kappa shape index (κ1) is 12.1. The van der Waals surface area contributed by atoms with Gasteiger partial charge in [-0.3, -0.25) is 0 Å². The zero-order chi connectivity index (χ0) is 13.2. The number of aromatic hydroxyl groups is 1. The third-order valence-electron chi connectivity index (χ3n) is 3.05. The molecule has 96 valence electrons. The molecule has 0 unspecified atom stereocenters. The molecule has 0 bridgehead atoms. The lowest BCUT2D eigenvalue weighted by atomic mass is 10.1. The Bertz CT molecular complexity index is 698. The Kier molecular flexibility index (Phi) is 3.13. The highest BCUT2D eigenvalue weighted by molar-refractivity contribution is 7.19. The number of hydrogen-bond acceptors (Lipinski definition) is 3. The maximum Gasteiger partial charge on any atom is 0.122 e. The zero-order valence-electron chi connectivity index (χ0n) is 10.6. The molecule has 0 aliphatic heterocycles. The molecule has 3 aromatic rings. The van der Waals surface area contributed by atoms with Crippen LogP contribution in [0.4, 0.5) is 0 Å². The molecular weight excluding hydrogens is 256 g/mol. The van der Waals surface area contributed by atoms with Crippen molar-refractivity contribution in [2.24, 2.45) is 0 Å². The fourth-order valence-electron chi connectivity index (χ4n) is 2.03. The van der Waals surface area contributed by atoms with Gasteiger partial charge in [0, 0.05) is 9.58 Å². The molecule has 3 rings (SSSR count). The van der Waals surface area contributed by atoms with Gasteiger partial charge in [-0.25, -0.2) is 0 Å². The average Bonchev–Trinajstić information content (AvgIpc) is 2.83. The van der Waals surface area contributed by atoms with E-state index in [2.05, 4.69) is 31.2 Å². The van der Waals surface area contributed by atoms with Gasteiger partial charge in [-0.15, -0.1) is 11.3 Å². The standard InChI is InChI=1S/C16H14O2S/c1-11-3-2-4-16-15(11)9-14(19-16)10-18-13-7-5-12(17)6-8-13/h2-9,17H,10H2,1H3. The summed E-state index contributed by atoms with van der Waals surface area (Å²) in [6.07, 6.45) is 0. The van der Waals surface area contributed by atoms with Gasteiger partial charge in [0.2, 0.25) is 0 Å². The van der Waals surface area contributed by atoms with E-state index < -0.39 is 0 Å². The number of aryl methyl sites for hydroxylation is 1. The third kappa shape index (κ3) is 2.56. The molecule has 1 heterocycles. The van der Waals surface area contributed by atoms with E-state index in [1.165, 1.54) is 20.5 Å². The first-order valence-electron chi connectivity index (χ1n) is 6.12. The van der Waals surface area contributed by atoms with E-state index >= 15 is 0 Å². The molecule has 2 aromatic carbocycles. The SMILES string of the molecule is Cc1cccc2sc(COc3ccc(O)cc3)cc12. The number of phenols is 1.